The molecular weight excluding hydrogens is 228 g/mol. The molecule has 1 aliphatic rings. The molecule has 5 nitrogen and oxygen atoms in total. The lowest BCUT2D eigenvalue weighted by molar-refractivity contribution is -0.122. The van der Waals surface area contributed by atoms with E-state index in [1.54, 1.807) is 0 Å². The van der Waals surface area contributed by atoms with E-state index >= 15 is 0 Å². The fraction of sp³-hybridized carbons (Fsp3) is 0.923. The molecule has 0 atom stereocenters. The first-order valence-electron chi connectivity index (χ1n) is 7.18. The summed E-state index contributed by atoms with van der Waals surface area (Å²) in [5.74, 6) is 0.157. The van der Waals surface area contributed by atoms with E-state index in [4.69, 9.17) is 0 Å². The summed E-state index contributed by atoms with van der Waals surface area (Å²) in [7, 11) is 0. The van der Waals surface area contributed by atoms with Crippen molar-refractivity contribution >= 4 is 5.91 Å². The van der Waals surface area contributed by atoms with Crippen molar-refractivity contribution in [3.05, 3.63) is 0 Å². The Bertz CT molecular complexity index is 229. The Morgan fingerprint density at radius 1 is 1.28 bits per heavy atom. The highest BCUT2D eigenvalue weighted by Crippen LogP contribution is 1.92. The first-order chi connectivity index (χ1) is 8.76. The third-order valence-electron chi connectivity index (χ3n) is 3.31. The van der Waals surface area contributed by atoms with Gasteiger partial charge in [-0.2, -0.15) is 0 Å². The van der Waals surface area contributed by atoms with Crippen molar-refractivity contribution in [2.24, 2.45) is 0 Å². The average molecular weight is 256 g/mol. The van der Waals surface area contributed by atoms with Gasteiger partial charge in [0.2, 0.25) is 5.91 Å². The van der Waals surface area contributed by atoms with Gasteiger partial charge in [-0.1, -0.05) is 13.8 Å². The minimum Gasteiger partial charge on any atom is -0.354 e. The number of likely N-dealkylation sites (N-methyl/N-ethyl adjacent to an activating group) is 1. The average Bonchev–Trinajstić information content (AvgIpc) is 2.39. The van der Waals surface area contributed by atoms with Crippen molar-refractivity contribution in [1.82, 2.24) is 20.4 Å². The molecule has 1 amide bonds. The number of nitrogens with one attached hydrogen (secondary N) is 2. The Labute approximate surface area is 111 Å². The molecule has 1 saturated heterocycles. The van der Waals surface area contributed by atoms with Gasteiger partial charge in [-0.15, -0.1) is 0 Å². The Morgan fingerprint density at radius 3 is 2.61 bits per heavy atom. The molecule has 1 rings (SSSR count). The molecule has 1 heterocycles. The second kappa shape index (κ2) is 9.30. The summed E-state index contributed by atoms with van der Waals surface area (Å²) in [5.41, 5.74) is 0. The van der Waals surface area contributed by atoms with Crippen molar-refractivity contribution in [3.8, 4) is 0 Å². The van der Waals surface area contributed by atoms with E-state index in [9.17, 15) is 4.79 Å². The molecule has 1 aliphatic heterocycles. The first-order valence-corrected chi connectivity index (χ1v) is 7.18. The largest absolute Gasteiger partial charge is 0.354 e. The maximum Gasteiger partial charge on any atom is 0.234 e. The number of piperazine rings is 1. The van der Waals surface area contributed by atoms with E-state index in [-0.39, 0.29) is 5.91 Å². The smallest absolute Gasteiger partial charge is 0.234 e. The molecule has 18 heavy (non-hydrogen) atoms. The van der Waals surface area contributed by atoms with Crippen molar-refractivity contribution in [2.75, 3.05) is 58.9 Å². The van der Waals surface area contributed by atoms with Crippen LogP contribution < -0.4 is 10.6 Å². The molecule has 0 aromatic heterocycles. The highest BCUT2D eigenvalue weighted by Gasteiger charge is 2.13. The van der Waals surface area contributed by atoms with E-state index in [0.717, 1.165) is 52.4 Å². The van der Waals surface area contributed by atoms with Crippen molar-refractivity contribution < 1.29 is 4.79 Å². The summed E-state index contributed by atoms with van der Waals surface area (Å²) >= 11 is 0. The number of carbonyl (C=O) groups excluding carboxylic acids is 1. The maximum atomic E-state index is 11.7. The van der Waals surface area contributed by atoms with Crippen LogP contribution in [0.1, 0.15) is 20.3 Å². The van der Waals surface area contributed by atoms with Gasteiger partial charge >= 0.3 is 0 Å². The summed E-state index contributed by atoms with van der Waals surface area (Å²) in [5, 5.41) is 6.30. The van der Waals surface area contributed by atoms with Crippen LogP contribution in [0.4, 0.5) is 0 Å². The zero-order valence-electron chi connectivity index (χ0n) is 11.9. The van der Waals surface area contributed by atoms with Crippen LogP contribution in [0.15, 0.2) is 0 Å². The normalized spacial score (nSPS) is 17.1. The van der Waals surface area contributed by atoms with E-state index < -0.39 is 0 Å². The molecule has 0 spiro atoms. The summed E-state index contributed by atoms with van der Waals surface area (Å²) in [4.78, 5) is 16.3. The third-order valence-corrected chi connectivity index (χ3v) is 3.31. The minimum atomic E-state index is 0.157. The fourth-order valence-corrected chi connectivity index (χ4v) is 2.23. The quantitative estimate of drug-likeness (QED) is 0.628. The van der Waals surface area contributed by atoms with Crippen molar-refractivity contribution in [3.63, 3.8) is 0 Å². The maximum absolute atomic E-state index is 11.7. The molecule has 0 aromatic rings. The van der Waals surface area contributed by atoms with E-state index in [0.29, 0.717) is 6.54 Å². The van der Waals surface area contributed by atoms with Crippen LogP contribution in [0.5, 0.6) is 0 Å². The van der Waals surface area contributed by atoms with Crippen LogP contribution in [0, 0.1) is 0 Å². The standard InChI is InChI=1S/C13H28N4O/c1-3-8-16(4-2)11-7-15-13(18)12-17-9-5-14-6-10-17/h14H,3-12H2,1-2H3,(H,15,18). The van der Waals surface area contributed by atoms with Crippen LogP contribution in [0.3, 0.4) is 0 Å². The predicted octanol–water partition coefficient (Wildman–Crippen LogP) is -0.260. The first kappa shape index (κ1) is 15.4. The van der Waals surface area contributed by atoms with E-state index in [1.165, 1.54) is 6.42 Å². The van der Waals surface area contributed by atoms with Gasteiger partial charge in [-0.3, -0.25) is 9.69 Å². The molecule has 0 bridgehead atoms. The summed E-state index contributed by atoms with van der Waals surface area (Å²) in [6, 6.07) is 0. The summed E-state index contributed by atoms with van der Waals surface area (Å²) in [6.07, 6.45) is 1.17. The Kier molecular flexibility index (Phi) is 7.96. The fourth-order valence-electron chi connectivity index (χ4n) is 2.23. The Hall–Kier alpha value is -0.650. The number of nitrogens with zero attached hydrogens (tertiary/aromatic N) is 2. The van der Waals surface area contributed by atoms with Gasteiger partial charge in [-0.25, -0.2) is 0 Å². The van der Waals surface area contributed by atoms with E-state index in [1.807, 2.05) is 0 Å². The van der Waals surface area contributed by atoms with Crippen molar-refractivity contribution in [2.45, 2.75) is 20.3 Å². The second-order valence-electron chi connectivity index (χ2n) is 4.81. The van der Waals surface area contributed by atoms with Crippen LogP contribution >= 0.6 is 0 Å². The minimum absolute atomic E-state index is 0.157. The molecule has 5 heteroatoms. The molecule has 0 aromatic carbocycles. The Morgan fingerprint density at radius 2 is 2.00 bits per heavy atom. The molecule has 0 unspecified atom stereocenters. The predicted molar refractivity (Wildman–Crippen MR) is 74.7 cm³/mol. The third kappa shape index (κ3) is 6.33. The number of rotatable bonds is 8. The zero-order chi connectivity index (χ0) is 13.2. The van der Waals surface area contributed by atoms with Crippen molar-refractivity contribution in [1.29, 1.82) is 0 Å². The highest BCUT2D eigenvalue weighted by molar-refractivity contribution is 5.78. The van der Waals surface area contributed by atoms with Crippen LogP contribution in [0.25, 0.3) is 0 Å². The molecular formula is C13H28N4O. The van der Waals surface area contributed by atoms with Gasteiger partial charge in [-0.05, 0) is 19.5 Å². The van der Waals surface area contributed by atoms with Crippen LogP contribution in [-0.2, 0) is 4.79 Å². The molecule has 2 N–H and O–H groups in total. The number of hydrogen-bond donors (Lipinski definition) is 2. The zero-order valence-corrected chi connectivity index (χ0v) is 11.9. The lowest BCUT2D eigenvalue weighted by Gasteiger charge is -2.26. The monoisotopic (exact) mass is 256 g/mol. The van der Waals surface area contributed by atoms with Gasteiger partial charge < -0.3 is 15.5 Å². The summed E-state index contributed by atoms with van der Waals surface area (Å²) in [6.45, 7) is 12.7. The van der Waals surface area contributed by atoms with Gasteiger partial charge in [0.05, 0.1) is 6.54 Å². The van der Waals surface area contributed by atoms with Crippen LogP contribution in [0.2, 0.25) is 0 Å². The van der Waals surface area contributed by atoms with Crippen LogP contribution in [-0.4, -0.2) is 74.6 Å². The number of carbonyl (C=O) groups is 1. The second-order valence-corrected chi connectivity index (χ2v) is 4.81. The number of hydrogen-bond acceptors (Lipinski definition) is 4. The topological polar surface area (TPSA) is 47.6 Å². The lowest BCUT2D eigenvalue weighted by Crippen LogP contribution is -2.48. The lowest BCUT2D eigenvalue weighted by atomic mass is 10.3. The SMILES string of the molecule is CCCN(CC)CCNC(=O)CN1CCNCC1. The molecule has 0 aliphatic carbocycles. The van der Waals surface area contributed by atoms with E-state index in [2.05, 4.69) is 34.3 Å². The highest BCUT2D eigenvalue weighted by atomic mass is 16.2. The molecule has 0 saturated carbocycles. The van der Waals surface area contributed by atoms with Gasteiger partial charge in [0.25, 0.3) is 0 Å². The van der Waals surface area contributed by atoms with Gasteiger partial charge in [0.1, 0.15) is 0 Å². The summed E-state index contributed by atoms with van der Waals surface area (Å²) < 4.78 is 0. The van der Waals surface area contributed by atoms with Gasteiger partial charge in [0, 0.05) is 39.3 Å². The van der Waals surface area contributed by atoms with Gasteiger partial charge in [0.15, 0.2) is 0 Å². The molecule has 106 valence electrons. The Balaban J connectivity index is 2.08. The number of amides is 1. The molecule has 1 fully saturated rings. The molecule has 0 radical (unpaired) electrons.